The minimum atomic E-state index is -0.345. The topological polar surface area (TPSA) is 62.1 Å². The first kappa shape index (κ1) is 17.2. The Morgan fingerprint density at radius 2 is 2.09 bits per heavy atom. The number of carbonyl (C=O) groups excluding carboxylic acids is 1. The molecule has 23 heavy (non-hydrogen) atoms. The number of hydrogen-bond donors (Lipinski definition) is 1. The molecule has 1 aromatic carbocycles. The maximum absolute atomic E-state index is 12.1. The highest BCUT2D eigenvalue weighted by atomic mass is 16.5. The van der Waals surface area contributed by atoms with Crippen molar-refractivity contribution in [3.8, 4) is 6.07 Å². The number of amides is 1. The second-order valence-corrected chi connectivity index (χ2v) is 6.89. The van der Waals surface area contributed by atoms with E-state index >= 15 is 0 Å². The third kappa shape index (κ3) is 4.94. The van der Waals surface area contributed by atoms with Crippen LogP contribution in [0, 0.1) is 11.3 Å². The first-order valence-corrected chi connectivity index (χ1v) is 8.02. The van der Waals surface area contributed by atoms with Gasteiger partial charge in [0.15, 0.2) is 0 Å². The molecule has 1 N–H and O–H groups in total. The Balaban J connectivity index is 2.02. The van der Waals surface area contributed by atoms with Crippen molar-refractivity contribution in [3.05, 3.63) is 41.0 Å². The van der Waals surface area contributed by atoms with Gasteiger partial charge in [0.1, 0.15) is 11.6 Å². The molecule has 1 amide bonds. The average molecular weight is 312 g/mol. The lowest BCUT2D eigenvalue weighted by Gasteiger charge is -2.18. The van der Waals surface area contributed by atoms with Gasteiger partial charge in [0.2, 0.25) is 0 Å². The van der Waals surface area contributed by atoms with Gasteiger partial charge in [-0.25, -0.2) is 0 Å². The summed E-state index contributed by atoms with van der Waals surface area (Å²) in [6.07, 6.45) is 3.68. The molecule has 1 unspecified atom stereocenters. The van der Waals surface area contributed by atoms with Crippen LogP contribution in [0.2, 0.25) is 0 Å². The molecule has 0 aliphatic carbocycles. The summed E-state index contributed by atoms with van der Waals surface area (Å²) in [6, 6.07) is 9.92. The maximum Gasteiger partial charge on any atom is 0.262 e. The Morgan fingerprint density at radius 1 is 1.39 bits per heavy atom. The fourth-order valence-electron chi connectivity index (χ4n) is 2.50. The van der Waals surface area contributed by atoms with Gasteiger partial charge in [-0.3, -0.25) is 4.79 Å². The number of ether oxygens (including phenoxy) is 1. The second-order valence-electron chi connectivity index (χ2n) is 6.89. The lowest BCUT2D eigenvalue weighted by molar-refractivity contribution is -0.117. The average Bonchev–Trinajstić information content (AvgIpc) is 3.03. The van der Waals surface area contributed by atoms with Crippen LogP contribution >= 0.6 is 0 Å². The van der Waals surface area contributed by atoms with Gasteiger partial charge in [0, 0.05) is 13.2 Å². The molecule has 4 nitrogen and oxygen atoms in total. The van der Waals surface area contributed by atoms with Crippen LogP contribution in [-0.4, -0.2) is 25.2 Å². The number of benzene rings is 1. The molecule has 0 aromatic heterocycles. The first-order chi connectivity index (χ1) is 10.9. The quantitative estimate of drug-likeness (QED) is 0.686. The van der Waals surface area contributed by atoms with Crippen molar-refractivity contribution in [1.29, 1.82) is 5.26 Å². The number of hydrogen-bond acceptors (Lipinski definition) is 3. The molecule has 1 aliphatic rings. The number of rotatable bonds is 4. The predicted molar refractivity (Wildman–Crippen MR) is 90.7 cm³/mol. The van der Waals surface area contributed by atoms with Gasteiger partial charge in [-0.15, -0.1) is 0 Å². The van der Waals surface area contributed by atoms with E-state index in [1.807, 2.05) is 30.3 Å². The monoisotopic (exact) mass is 312 g/mol. The lowest BCUT2D eigenvalue weighted by Crippen LogP contribution is -2.32. The number of nitrogens with one attached hydrogen (secondary N) is 1. The maximum atomic E-state index is 12.1. The molecule has 0 saturated carbocycles. The van der Waals surface area contributed by atoms with Crippen LogP contribution in [0.1, 0.15) is 44.7 Å². The van der Waals surface area contributed by atoms with Crippen molar-refractivity contribution in [2.45, 2.75) is 45.1 Å². The van der Waals surface area contributed by atoms with Crippen LogP contribution in [0.25, 0.3) is 6.08 Å². The molecule has 2 rings (SSSR count). The van der Waals surface area contributed by atoms with Crippen LogP contribution in [0.4, 0.5) is 0 Å². The summed E-state index contributed by atoms with van der Waals surface area (Å²) in [7, 11) is 0. The molecule has 1 aromatic rings. The van der Waals surface area contributed by atoms with E-state index in [1.54, 1.807) is 6.08 Å². The lowest BCUT2D eigenvalue weighted by atomic mass is 9.86. The molecule has 0 radical (unpaired) electrons. The van der Waals surface area contributed by atoms with Gasteiger partial charge < -0.3 is 10.1 Å². The summed E-state index contributed by atoms with van der Waals surface area (Å²) in [5, 5.41) is 12.0. The largest absolute Gasteiger partial charge is 0.376 e. The molecular weight excluding hydrogens is 288 g/mol. The Kier molecular flexibility index (Phi) is 5.57. The van der Waals surface area contributed by atoms with Crippen molar-refractivity contribution in [3.63, 3.8) is 0 Å². The third-order valence-corrected chi connectivity index (χ3v) is 3.97. The van der Waals surface area contributed by atoms with Gasteiger partial charge >= 0.3 is 0 Å². The summed E-state index contributed by atoms with van der Waals surface area (Å²) in [5.41, 5.74) is 2.27. The van der Waals surface area contributed by atoms with Gasteiger partial charge in [0.25, 0.3) is 5.91 Å². The van der Waals surface area contributed by atoms with Crippen LogP contribution in [0.3, 0.4) is 0 Å². The Hall–Kier alpha value is -2.12. The van der Waals surface area contributed by atoms with Crippen molar-refractivity contribution < 1.29 is 9.53 Å². The number of nitrogens with zero attached hydrogens (tertiary/aromatic N) is 1. The predicted octanol–water partition coefficient (Wildman–Crippen LogP) is 3.19. The number of nitriles is 1. The van der Waals surface area contributed by atoms with Crippen LogP contribution in [-0.2, 0) is 14.9 Å². The fraction of sp³-hybridized carbons (Fsp3) is 0.474. The molecule has 1 saturated heterocycles. The zero-order chi connectivity index (χ0) is 16.9. The summed E-state index contributed by atoms with van der Waals surface area (Å²) >= 11 is 0. The molecule has 1 atom stereocenters. The highest BCUT2D eigenvalue weighted by Crippen LogP contribution is 2.22. The van der Waals surface area contributed by atoms with E-state index in [-0.39, 0.29) is 23.0 Å². The van der Waals surface area contributed by atoms with E-state index in [2.05, 4.69) is 26.1 Å². The minimum absolute atomic E-state index is 0.0740. The van der Waals surface area contributed by atoms with Crippen LogP contribution < -0.4 is 5.32 Å². The Labute approximate surface area is 138 Å². The highest BCUT2D eigenvalue weighted by Gasteiger charge is 2.18. The summed E-state index contributed by atoms with van der Waals surface area (Å²) < 4.78 is 5.46. The standard InChI is InChI=1S/C19H24N2O2/c1-19(2,3)16-8-6-14(7-9-16)11-15(12-20)18(22)21-13-17-5-4-10-23-17/h6-9,11,17H,4-5,10,13H2,1-3H3,(H,21,22). The fourth-order valence-corrected chi connectivity index (χ4v) is 2.50. The Morgan fingerprint density at radius 3 is 2.61 bits per heavy atom. The molecule has 1 aliphatic heterocycles. The second kappa shape index (κ2) is 7.43. The van der Waals surface area contributed by atoms with E-state index in [9.17, 15) is 10.1 Å². The zero-order valence-corrected chi connectivity index (χ0v) is 14.1. The molecular formula is C19H24N2O2. The normalized spacial score (nSPS) is 18.5. The van der Waals surface area contributed by atoms with Crippen molar-refractivity contribution in [1.82, 2.24) is 5.32 Å². The van der Waals surface area contributed by atoms with Crippen LogP contribution in [0.15, 0.2) is 29.8 Å². The van der Waals surface area contributed by atoms with E-state index < -0.39 is 0 Å². The molecule has 0 spiro atoms. The minimum Gasteiger partial charge on any atom is -0.376 e. The Bertz CT molecular complexity index is 612. The number of carbonyl (C=O) groups is 1. The van der Waals surface area contributed by atoms with Crippen molar-refractivity contribution in [2.24, 2.45) is 0 Å². The molecule has 4 heteroatoms. The van der Waals surface area contributed by atoms with Gasteiger partial charge in [-0.2, -0.15) is 5.26 Å². The smallest absolute Gasteiger partial charge is 0.262 e. The molecule has 1 heterocycles. The van der Waals surface area contributed by atoms with Crippen molar-refractivity contribution >= 4 is 12.0 Å². The highest BCUT2D eigenvalue weighted by molar-refractivity contribution is 6.01. The van der Waals surface area contributed by atoms with Gasteiger partial charge in [-0.05, 0) is 35.5 Å². The first-order valence-electron chi connectivity index (χ1n) is 8.02. The zero-order valence-electron chi connectivity index (χ0n) is 14.1. The van der Waals surface area contributed by atoms with Crippen molar-refractivity contribution in [2.75, 3.05) is 13.2 Å². The van der Waals surface area contributed by atoms with Crippen LogP contribution in [0.5, 0.6) is 0 Å². The molecule has 1 fully saturated rings. The van der Waals surface area contributed by atoms with E-state index in [1.165, 1.54) is 5.56 Å². The summed E-state index contributed by atoms with van der Waals surface area (Å²) in [4.78, 5) is 12.1. The van der Waals surface area contributed by atoms with E-state index in [0.717, 1.165) is 25.0 Å². The summed E-state index contributed by atoms with van der Waals surface area (Å²) in [6.45, 7) is 7.66. The molecule has 0 bridgehead atoms. The van der Waals surface area contributed by atoms with Gasteiger partial charge in [0.05, 0.1) is 6.10 Å². The summed E-state index contributed by atoms with van der Waals surface area (Å²) in [5.74, 6) is -0.345. The van der Waals surface area contributed by atoms with E-state index in [4.69, 9.17) is 4.74 Å². The molecule has 122 valence electrons. The third-order valence-electron chi connectivity index (χ3n) is 3.97. The SMILES string of the molecule is CC(C)(C)c1ccc(C=C(C#N)C(=O)NCC2CCCO2)cc1. The van der Waals surface area contributed by atoms with E-state index in [0.29, 0.717) is 6.54 Å². The van der Waals surface area contributed by atoms with Gasteiger partial charge in [-0.1, -0.05) is 45.0 Å².